The molecule has 0 radical (unpaired) electrons. The average Bonchev–Trinajstić information content (AvgIpc) is 2.66. The number of methoxy groups -OCH3 is 1. The lowest BCUT2D eigenvalue weighted by Crippen LogP contribution is -2.20. The van der Waals surface area contributed by atoms with E-state index in [0.717, 1.165) is 5.56 Å². The lowest BCUT2D eigenvalue weighted by atomic mass is 10.2. The second kappa shape index (κ2) is 7.95. The van der Waals surface area contributed by atoms with Crippen molar-refractivity contribution in [2.75, 3.05) is 24.8 Å². The first-order valence-corrected chi connectivity index (χ1v) is 8.69. The molecule has 0 amide bonds. The normalized spacial score (nSPS) is 10.5. The van der Waals surface area contributed by atoms with Gasteiger partial charge in [-0.15, -0.1) is 0 Å². The third kappa shape index (κ3) is 4.28. The fourth-order valence-electron chi connectivity index (χ4n) is 2.81. The van der Waals surface area contributed by atoms with E-state index in [1.807, 2.05) is 62.2 Å². The molecule has 3 rings (SSSR count). The summed E-state index contributed by atoms with van der Waals surface area (Å²) in [4.78, 5) is 10.9. The van der Waals surface area contributed by atoms with Gasteiger partial charge in [-0.3, -0.25) is 0 Å². The van der Waals surface area contributed by atoms with Crippen molar-refractivity contribution < 1.29 is 9.47 Å². The van der Waals surface area contributed by atoms with E-state index in [0.29, 0.717) is 41.3 Å². The molecule has 0 spiro atoms. The van der Waals surface area contributed by atoms with Crippen LogP contribution < -0.4 is 20.1 Å². The van der Waals surface area contributed by atoms with Crippen LogP contribution in [0.25, 0.3) is 0 Å². The van der Waals surface area contributed by atoms with Crippen LogP contribution >= 0.6 is 0 Å². The molecule has 0 atom stereocenters. The lowest BCUT2D eigenvalue weighted by Gasteiger charge is -2.21. The zero-order chi connectivity index (χ0) is 19.4. The minimum absolute atomic E-state index is 0.319. The fraction of sp³-hybridized carbons (Fsp3) is 0.238. The summed E-state index contributed by atoms with van der Waals surface area (Å²) in [5, 5.41) is 0. The molecule has 27 heavy (non-hydrogen) atoms. The molecular weight excluding hydrogens is 340 g/mol. The molecule has 1 aromatic heterocycles. The van der Waals surface area contributed by atoms with Crippen molar-refractivity contribution in [3.05, 3.63) is 65.5 Å². The standard InChI is InChI=1S/C21H24N4O2/c1-14-10-11-17(18(12-14)26-4)27-21-19(22)20(23-15(2)24-21)25(3)13-16-8-6-5-7-9-16/h5-12H,13,22H2,1-4H3. The molecule has 6 heteroatoms. The molecule has 2 N–H and O–H groups in total. The number of anilines is 2. The molecule has 0 aliphatic rings. The molecule has 0 fully saturated rings. The van der Waals surface area contributed by atoms with Crippen molar-refractivity contribution in [3.8, 4) is 17.4 Å². The Labute approximate surface area is 159 Å². The summed E-state index contributed by atoms with van der Waals surface area (Å²) in [5.41, 5.74) is 8.98. The van der Waals surface area contributed by atoms with E-state index < -0.39 is 0 Å². The zero-order valence-corrected chi connectivity index (χ0v) is 16.1. The summed E-state index contributed by atoms with van der Waals surface area (Å²) in [6.45, 7) is 4.49. The third-order valence-electron chi connectivity index (χ3n) is 4.15. The summed E-state index contributed by atoms with van der Waals surface area (Å²) >= 11 is 0. The van der Waals surface area contributed by atoms with Crippen molar-refractivity contribution in [1.82, 2.24) is 9.97 Å². The Kier molecular flexibility index (Phi) is 5.45. The number of aryl methyl sites for hydroxylation is 2. The largest absolute Gasteiger partial charge is 0.493 e. The predicted molar refractivity (Wildman–Crippen MR) is 108 cm³/mol. The quantitative estimate of drug-likeness (QED) is 0.709. The maximum Gasteiger partial charge on any atom is 0.248 e. The van der Waals surface area contributed by atoms with Crippen LogP contribution in [0.15, 0.2) is 48.5 Å². The summed E-state index contributed by atoms with van der Waals surface area (Å²) in [6.07, 6.45) is 0. The summed E-state index contributed by atoms with van der Waals surface area (Å²) in [7, 11) is 3.55. The molecule has 0 saturated carbocycles. The molecule has 2 aromatic carbocycles. The summed E-state index contributed by atoms with van der Waals surface area (Å²) in [5.74, 6) is 2.72. The Morgan fingerprint density at radius 2 is 1.74 bits per heavy atom. The van der Waals surface area contributed by atoms with Gasteiger partial charge in [0, 0.05) is 13.6 Å². The molecule has 0 aliphatic carbocycles. The van der Waals surface area contributed by atoms with E-state index in [4.69, 9.17) is 15.2 Å². The van der Waals surface area contributed by atoms with E-state index in [2.05, 4.69) is 22.1 Å². The van der Waals surface area contributed by atoms with E-state index in [1.54, 1.807) is 7.11 Å². The van der Waals surface area contributed by atoms with E-state index >= 15 is 0 Å². The highest BCUT2D eigenvalue weighted by Gasteiger charge is 2.17. The first kappa shape index (κ1) is 18.5. The molecule has 3 aromatic rings. The van der Waals surface area contributed by atoms with E-state index in [1.165, 1.54) is 5.56 Å². The second-order valence-corrected chi connectivity index (χ2v) is 6.41. The van der Waals surface area contributed by atoms with Crippen LogP contribution in [0.1, 0.15) is 17.0 Å². The van der Waals surface area contributed by atoms with Crippen molar-refractivity contribution in [2.24, 2.45) is 0 Å². The number of nitrogens with two attached hydrogens (primary N) is 1. The highest BCUT2D eigenvalue weighted by Crippen LogP contribution is 2.36. The van der Waals surface area contributed by atoms with Crippen molar-refractivity contribution in [2.45, 2.75) is 20.4 Å². The van der Waals surface area contributed by atoms with Crippen LogP contribution in [-0.2, 0) is 6.54 Å². The zero-order valence-electron chi connectivity index (χ0n) is 16.1. The van der Waals surface area contributed by atoms with Gasteiger partial charge in [-0.25, -0.2) is 4.98 Å². The average molecular weight is 364 g/mol. The fourth-order valence-corrected chi connectivity index (χ4v) is 2.81. The number of aromatic nitrogens is 2. The molecule has 0 saturated heterocycles. The Morgan fingerprint density at radius 3 is 2.44 bits per heavy atom. The van der Waals surface area contributed by atoms with Crippen molar-refractivity contribution >= 4 is 11.5 Å². The Hall–Kier alpha value is -3.28. The number of nitrogen functional groups attached to an aromatic ring is 1. The monoisotopic (exact) mass is 364 g/mol. The topological polar surface area (TPSA) is 73.5 Å². The van der Waals surface area contributed by atoms with Crippen LogP contribution in [0.3, 0.4) is 0 Å². The first-order chi connectivity index (χ1) is 13.0. The van der Waals surface area contributed by atoms with Gasteiger partial charge in [0.25, 0.3) is 0 Å². The van der Waals surface area contributed by atoms with Gasteiger partial charge in [-0.1, -0.05) is 36.4 Å². The summed E-state index contributed by atoms with van der Waals surface area (Å²) < 4.78 is 11.4. The SMILES string of the molecule is COc1cc(C)ccc1Oc1nc(C)nc(N(C)Cc2ccccc2)c1N. The third-order valence-corrected chi connectivity index (χ3v) is 4.15. The number of ether oxygens (including phenoxy) is 2. The van der Waals surface area contributed by atoms with Gasteiger partial charge in [0.2, 0.25) is 5.88 Å². The van der Waals surface area contributed by atoms with Crippen LogP contribution in [0, 0.1) is 13.8 Å². The molecule has 0 bridgehead atoms. The lowest BCUT2D eigenvalue weighted by molar-refractivity contribution is 0.374. The molecule has 0 aliphatic heterocycles. The maximum atomic E-state index is 6.34. The maximum absolute atomic E-state index is 6.34. The van der Waals surface area contributed by atoms with Gasteiger partial charge in [0.05, 0.1) is 7.11 Å². The Bertz CT molecular complexity index is 929. The van der Waals surface area contributed by atoms with Crippen molar-refractivity contribution in [3.63, 3.8) is 0 Å². The number of hydrogen-bond donors (Lipinski definition) is 1. The smallest absolute Gasteiger partial charge is 0.248 e. The van der Waals surface area contributed by atoms with Crippen molar-refractivity contribution in [1.29, 1.82) is 0 Å². The number of benzene rings is 2. The van der Waals surface area contributed by atoms with Gasteiger partial charge < -0.3 is 20.1 Å². The highest BCUT2D eigenvalue weighted by atomic mass is 16.5. The van der Waals surface area contributed by atoms with Gasteiger partial charge in [0.1, 0.15) is 11.5 Å². The minimum atomic E-state index is 0.319. The summed E-state index contributed by atoms with van der Waals surface area (Å²) in [6, 6.07) is 15.8. The molecule has 0 unspecified atom stereocenters. The van der Waals surface area contributed by atoms with Gasteiger partial charge in [-0.05, 0) is 37.1 Å². The Morgan fingerprint density at radius 1 is 1.00 bits per heavy atom. The van der Waals surface area contributed by atoms with Gasteiger partial charge in [-0.2, -0.15) is 4.98 Å². The number of nitrogens with zero attached hydrogens (tertiary/aromatic N) is 3. The predicted octanol–water partition coefficient (Wildman–Crippen LogP) is 4.11. The van der Waals surface area contributed by atoms with Crippen LogP contribution in [-0.4, -0.2) is 24.1 Å². The Balaban J connectivity index is 1.91. The van der Waals surface area contributed by atoms with Gasteiger partial charge >= 0.3 is 0 Å². The van der Waals surface area contributed by atoms with Crippen LogP contribution in [0.4, 0.5) is 11.5 Å². The van der Waals surface area contributed by atoms with Gasteiger partial charge in [0.15, 0.2) is 17.3 Å². The number of rotatable bonds is 6. The van der Waals surface area contributed by atoms with Crippen LogP contribution in [0.2, 0.25) is 0 Å². The van der Waals surface area contributed by atoms with Crippen LogP contribution in [0.5, 0.6) is 17.4 Å². The number of hydrogen-bond acceptors (Lipinski definition) is 6. The highest BCUT2D eigenvalue weighted by molar-refractivity contribution is 5.68. The second-order valence-electron chi connectivity index (χ2n) is 6.41. The molecule has 1 heterocycles. The molecule has 140 valence electrons. The minimum Gasteiger partial charge on any atom is -0.493 e. The first-order valence-electron chi connectivity index (χ1n) is 8.69. The van der Waals surface area contributed by atoms with E-state index in [9.17, 15) is 0 Å². The molecule has 6 nitrogen and oxygen atoms in total. The molecular formula is C21H24N4O2. The van der Waals surface area contributed by atoms with E-state index in [-0.39, 0.29) is 0 Å².